The fraction of sp³-hybridized carbons (Fsp3) is 0.273. The maximum absolute atomic E-state index is 11.4. The first-order valence-electron chi connectivity index (χ1n) is 4.81. The number of benzene rings is 1. The molecule has 1 aromatic rings. The Hall–Kier alpha value is -2.24. The third-order valence-corrected chi connectivity index (χ3v) is 2.33. The Balaban J connectivity index is 3.09. The van der Waals surface area contributed by atoms with E-state index in [1.165, 1.54) is 12.1 Å². The molecule has 0 spiro atoms. The van der Waals surface area contributed by atoms with Gasteiger partial charge in [0.15, 0.2) is 0 Å². The standard InChI is InChI=1S/C11H11NO5/c1-7-4-3-5-9(12(15)16)8(7)6-10(13)11(14)17-2/h3-5H,6H2,1-2H3. The van der Waals surface area contributed by atoms with Gasteiger partial charge in [0.05, 0.1) is 18.5 Å². The Morgan fingerprint density at radius 2 is 2.06 bits per heavy atom. The number of ether oxygens (including phenoxy) is 1. The van der Waals surface area contributed by atoms with Crippen LogP contribution in [-0.4, -0.2) is 23.8 Å². The summed E-state index contributed by atoms with van der Waals surface area (Å²) < 4.78 is 4.27. The molecule has 0 heterocycles. The van der Waals surface area contributed by atoms with Gasteiger partial charge in [-0.25, -0.2) is 4.79 Å². The van der Waals surface area contributed by atoms with Crippen molar-refractivity contribution >= 4 is 17.4 Å². The molecule has 0 unspecified atom stereocenters. The van der Waals surface area contributed by atoms with Crippen LogP contribution >= 0.6 is 0 Å². The number of esters is 1. The molecule has 90 valence electrons. The normalized spacial score (nSPS) is 9.76. The lowest BCUT2D eigenvalue weighted by atomic mass is 10.0. The zero-order valence-corrected chi connectivity index (χ0v) is 9.43. The molecule has 0 saturated carbocycles. The molecule has 1 aromatic carbocycles. The summed E-state index contributed by atoms with van der Waals surface area (Å²) in [6.07, 6.45) is -0.324. The minimum Gasteiger partial charge on any atom is -0.463 e. The average molecular weight is 237 g/mol. The van der Waals surface area contributed by atoms with Crippen LogP contribution in [0.2, 0.25) is 0 Å². The minimum atomic E-state index is -0.998. The van der Waals surface area contributed by atoms with Crippen molar-refractivity contribution in [3.05, 3.63) is 39.4 Å². The molecular formula is C11H11NO5. The highest BCUT2D eigenvalue weighted by Crippen LogP contribution is 2.22. The van der Waals surface area contributed by atoms with Crippen LogP contribution in [0.1, 0.15) is 11.1 Å². The maximum atomic E-state index is 11.4. The predicted molar refractivity (Wildman–Crippen MR) is 58.6 cm³/mol. The highest BCUT2D eigenvalue weighted by molar-refractivity contribution is 6.34. The highest BCUT2D eigenvalue weighted by atomic mass is 16.6. The lowest BCUT2D eigenvalue weighted by Gasteiger charge is -2.05. The van der Waals surface area contributed by atoms with E-state index < -0.39 is 16.7 Å². The van der Waals surface area contributed by atoms with E-state index in [-0.39, 0.29) is 17.7 Å². The van der Waals surface area contributed by atoms with Crippen molar-refractivity contribution in [1.29, 1.82) is 0 Å². The van der Waals surface area contributed by atoms with Gasteiger partial charge in [-0.1, -0.05) is 12.1 Å². The highest BCUT2D eigenvalue weighted by Gasteiger charge is 2.22. The molecule has 6 heteroatoms. The van der Waals surface area contributed by atoms with E-state index >= 15 is 0 Å². The summed E-state index contributed by atoms with van der Waals surface area (Å²) in [5.74, 6) is -1.80. The number of carbonyl (C=O) groups is 2. The Kier molecular flexibility index (Phi) is 3.92. The van der Waals surface area contributed by atoms with Gasteiger partial charge >= 0.3 is 5.97 Å². The fourth-order valence-electron chi connectivity index (χ4n) is 1.43. The van der Waals surface area contributed by atoms with Gasteiger partial charge in [0.2, 0.25) is 5.78 Å². The molecule has 0 aliphatic heterocycles. The van der Waals surface area contributed by atoms with Crippen molar-refractivity contribution in [3.63, 3.8) is 0 Å². The van der Waals surface area contributed by atoms with Gasteiger partial charge < -0.3 is 4.74 Å². The molecule has 6 nitrogen and oxygen atoms in total. The second-order valence-electron chi connectivity index (χ2n) is 3.42. The number of hydrogen-bond donors (Lipinski definition) is 0. The first-order chi connectivity index (χ1) is 7.97. The molecule has 0 fully saturated rings. The summed E-state index contributed by atoms with van der Waals surface area (Å²) in [7, 11) is 1.09. The van der Waals surface area contributed by atoms with Crippen molar-refractivity contribution in [3.8, 4) is 0 Å². The molecule has 0 radical (unpaired) electrons. The monoisotopic (exact) mass is 237 g/mol. The van der Waals surface area contributed by atoms with Crippen molar-refractivity contribution in [2.24, 2.45) is 0 Å². The molecule has 0 aliphatic carbocycles. The zero-order chi connectivity index (χ0) is 13.0. The molecule has 0 atom stereocenters. The third-order valence-electron chi connectivity index (χ3n) is 2.33. The van der Waals surface area contributed by atoms with Crippen molar-refractivity contribution < 1.29 is 19.2 Å². The smallest absolute Gasteiger partial charge is 0.374 e. The zero-order valence-electron chi connectivity index (χ0n) is 9.43. The average Bonchev–Trinajstić information content (AvgIpc) is 2.30. The topological polar surface area (TPSA) is 86.5 Å². The van der Waals surface area contributed by atoms with Gasteiger partial charge in [0, 0.05) is 11.6 Å². The summed E-state index contributed by atoms with van der Waals surface area (Å²) >= 11 is 0. The van der Waals surface area contributed by atoms with Crippen LogP contribution in [0.3, 0.4) is 0 Å². The number of ketones is 1. The van der Waals surface area contributed by atoms with E-state index in [4.69, 9.17) is 0 Å². The second kappa shape index (κ2) is 5.20. The molecule has 0 amide bonds. The third kappa shape index (κ3) is 2.87. The molecule has 0 N–H and O–H groups in total. The van der Waals surface area contributed by atoms with E-state index in [0.29, 0.717) is 5.56 Å². The van der Waals surface area contributed by atoms with Gasteiger partial charge in [-0.2, -0.15) is 0 Å². The van der Waals surface area contributed by atoms with Gasteiger partial charge in [-0.05, 0) is 12.5 Å². The molecular weight excluding hydrogens is 226 g/mol. The number of Topliss-reactive ketones (excluding diaryl/α,β-unsaturated/α-hetero) is 1. The summed E-state index contributed by atoms with van der Waals surface area (Å²) in [5, 5.41) is 10.8. The number of nitro benzene ring substituents is 1. The number of hydrogen-bond acceptors (Lipinski definition) is 5. The van der Waals surface area contributed by atoms with Gasteiger partial charge in [0.1, 0.15) is 0 Å². The quantitative estimate of drug-likeness (QED) is 0.339. The number of rotatable bonds is 4. The number of nitrogens with zero attached hydrogens (tertiary/aromatic N) is 1. The number of carbonyl (C=O) groups excluding carboxylic acids is 2. The molecule has 17 heavy (non-hydrogen) atoms. The van der Waals surface area contributed by atoms with Crippen LogP contribution in [0, 0.1) is 17.0 Å². The summed E-state index contributed by atoms with van der Waals surface area (Å²) in [6.45, 7) is 1.65. The van der Waals surface area contributed by atoms with Crippen LogP contribution in [0.5, 0.6) is 0 Å². The fourth-order valence-corrected chi connectivity index (χ4v) is 1.43. The largest absolute Gasteiger partial charge is 0.463 e. The summed E-state index contributed by atoms with van der Waals surface area (Å²) in [5.41, 5.74) is 0.673. The molecule has 1 rings (SSSR count). The SMILES string of the molecule is COC(=O)C(=O)Cc1c(C)cccc1[N+](=O)[O-]. The van der Waals surface area contributed by atoms with Crippen LogP contribution in [0.4, 0.5) is 5.69 Å². The van der Waals surface area contributed by atoms with Crippen LogP contribution in [-0.2, 0) is 20.7 Å². The summed E-state index contributed by atoms with van der Waals surface area (Å²) in [4.78, 5) is 32.5. The Morgan fingerprint density at radius 1 is 1.41 bits per heavy atom. The lowest BCUT2D eigenvalue weighted by molar-refractivity contribution is -0.385. The Labute approximate surface area is 97.3 Å². The number of nitro groups is 1. The molecule has 0 saturated heterocycles. The summed E-state index contributed by atoms with van der Waals surface area (Å²) in [6, 6.07) is 4.47. The number of aryl methyl sites for hydroxylation is 1. The Bertz CT molecular complexity index is 481. The lowest BCUT2D eigenvalue weighted by Crippen LogP contribution is -2.18. The van der Waals surface area contributed by atoms with E-state index in [9.17, 15) is 19.7 Å². The van der Waals surface area contributed by atoms with E-state index in [2.05, 4.69) is 4.74 Å². The molecule has 0 aliphatic rings. The first kappa shape index (κ1) is 12.8. The second-order valence-corrected chi connectivity index (χ2v) is 3.42. The molecule has 0 aromatic heterocycles. The minimum absolute atomic E-state index is 0.165. The van der Waals surface area contributed by atoms with Gasteiger partial charge in [-0.15, -0.1) is 0 Å². The van der Waals surface area contributed by atoms with E-state index in [0.717, 1.165) is 7.11 Å². The van der Waals surface area contributed by atoms with Crippen LogP contribution in [0.25, 0.3) is 0 Å². The van der Waals surface area contributed by atoms with Crippen LogP contribution < -0.4 is 0 Å². The predicted octanol–water partition coefficient (Wildman–Crippen LogP) is 1.19. The maximum Gasteiger partial charge on any atom is 0.374 e. The number of methoxy groups -OCH3 is 1. The van der Waals surface area contributed by atoms with Gasteiger partial charge in [-0.3, -0.25) is 14.9 Å². The van der Waals surface area contributed by atoms with E-state index in [1.54, 1.807) is 13.0 Å². The van der Waals surface area contributed by atoms with E-state index in [1.807, 2.05) is 0 Å². The Morgan fingerprint density at radius 3 is 2.59 bits per heavy atom. The first-order valence-corrected chi connectivity index (χ1v) is 4.81. The van der Waals surface area contributed by atoms with Crippen molar-refractivity contribution in [1.82, 2.24) is 0 Å². The van der Waals surface area contributed by atoms with Crippen molar-refractivity contribution in [2.45, 2.75) is 13.3 Å². The molecule has 0 bridgehead atoms. The van der Waals surface area contributed by atoms with Gasteiger partial charge in [0.25, 0.3) is 5.69 Å². The van der Waals surface area contributed by atoms with Crippen LogP contribution in [0.15, 0.2) is 18.2 Å². The van der Waals surface area contributed by atoms with Crippen molar-refractivity contribution in [2.75, 3.05) is 7.11 Å².